The van der Waals surface area contributed by atoms with Crippen LogP contribution < -0.4 is 10.2 Å². The minimum Gasteiger partial charge on any atom is -0.381 e. The third kappa shape index (κ3) is 2.78. The highest BCUT2D eigenvalue weighted by molar-refractivity contribution is 5.82. The Labute approximate surface area is 129 Å². The average molecular weight is 302 g/mol. The van der Waals surface area contributed by atoms with E-state index >= 15 is 0 Å². The monoisotopic (exact) mass is 302 g/mol. The van der Waals surface area contributed by atoms with E-state index in [1.165, 1.54) is 0 Å². The van der Waals surface area contributed by atoms with Gasteiger partial charge in [-0.1, -0.05) is 0 Å². The van der Waals surface area contributed by atoms with Gasteiger partial charge in [-0.05, 0) is 25.7 Å². The van der Waals surface area contributed by atoms with E-state index in [0.29, 0.717) is 12.1 Å². The molecule has 118 valence electrons. The van der Waals surface area contributed by atoms with Crippen molar-refractivity contribution in [1.29, 1.82) is 0 Å². The van der Waals surface area contributed by atoms with Crippen molar-refractivity contribution in [3.8, 4) is 0 Å². The van der Waals surface area contributed by atoms with Gasteiger partial charge in [0.1, 0.15) is 11.8 Å². The lowest BCUT2D eigenvalue weighted by atomic mass is 10.0. The number of fused-ring (bicyclic) bond motifs is 1. The van der Waals surface area contributed by atoms with Crippen LogP contribution >= 0.6 is 0 Å². The summed E-state index contributed by atoms with van der Waals surface area (Å²) >= 11 is 0. The third-order valence-corrected chi connectivity index (χ3v) is 4.69. The molecule has 2 aliphatic heterocycles. The zero-order valence-corrected chi connectivity index (χ0v) is 12.7. The van der Waals surface area contributed by atoms with Crippen LogP contribution in [0.3, 0.4) is 0 Å². The minimum absolute atomic E-state index is 0.610. The molecule has 0 aliphatic carbocycles. The Hall–Kier alpha value is -1.73. The van der Waals surface area contributed by atoms with Crippen molar-refractivity contribution in [2.75, 3.05) is 31.2 Å². The van der Waals surface area contributed by atoms with Crippen molar-refractivity contribution in [2.24, 2.45) is 0 Å². The summed E-state index contributed by atoms with van der Waals surface area (Å²) in [6, 6.07) is 1.24. The van der Waals surface area contributed by atoms with Crippen molar-refractivity contribution >= 4 is 17.0 Å². The fraction of sp³-hybridized carbons (Fsp3) is 0.667. The number of rotatable bonds is 3. The number of aromatic nitrogens is 4. The topological polar surface area (TPSA) is 79.0 Å². The molecule has 2 aromatic rings. The maximum absolute atomic E-state index is 5.43. The predicted molar refractivity (Wildman–Crippen MR) is 83.9 cm³/mol. The molecule has 0 bridgehead atoms. The molecule has 0 atom stereocenters. The van der Waals surface area contributed by atoms with Crippen molar-refractivity contribution in [2.45, 2.75) is 37.8 Å². The minimum atomic E-state index is 0.610. The van der Waals surface area contributed by atoms with E-state index in [9.17, 15) is 0 Å². The maximum atomic E-state index is 5.43. The molecular formula is C15H22N6O. The number of hydrogen-bond acceptors (Lipinski definition) is 6. The lowest BCUT2D eigenvalue weighted by Gasteiger charge is -2.36. The number of imidazole rings is 1. The van der Waals surface area contributed by atoms with Crippen LogP contribution in [-0.2, 0) is 4.74 Å². The number of ether oxygens (including phenoxy) is 1. The number of piperidine rings is 1. The van der Waals surface area contributed by atoms with Gasteiger partial charge in [0, 0.05) is 38.4 Å². The van der Waals surface area contributed by atoms with Crippen LogP contribution in [-0.4, -0.2) is 58.3 Å². The lowest BCUT2D eigenvalue weighted by Crippen LogP contribution is -2.48. The van der Waals surface area contributed by atoms with Gasteiger partial charge in [-0.3, -0.25) is 0 Å². The van der Waals surface area contributed by atoms with Crippen LogP contribution in [0, 0.1) is 0 Å². The summed E-state index contributed by atoms with van der Waals surface area (Å²) < 4.78 is 5.43. The zero-order chi connectivity index (χ0) is 14.8. The molecule has 0 saturated carbocycles. The molecule has 0 aromatic carbocycles. The smallest absolute Gasteiger partial charge is 0.182 e. The van der Waals surface area contributed by atoms with Crippen molar-refractivity contribution in [3.05, 3.63) is 12.7 Å². The Bertz CT molecular complexity index is 615. The molecule has 0 amide bonds. The van der Waals surface area contributed by atoms with Gasteiger partial charge >= 0.3 is 0 Å². The van der Waals surface area contributed by atoms with Crippen LogP contribution in [0.5, 0.6) is 0 Å². The molecule has 22 heavy (non-hydrogen) atoms. The molecular weight excluding hydrogens is 280 g/mol. The highest BCUT2D eigenvalue weighted by Crippen LogP contribution is 2.23. The number of nitrogens with zero attached hydrogens (tertiary/aromatic N) is 4. The molecule has 2 N–H and O–H groups in total. The van der Waals surface area contributed by atoms with Crippen LogP contribution in [0.25, 0.3) is 11.2 Å². The summed E-state index contributed by atoms with van der Waals surface area (Å²) in [6.45, 7) is 3.84. The third-order valence-electron chi connectivity index (χ3n) is 4.69. The average Bonchev–Trinajstić information content (AvgIpc) is 3.05. The van der Waals surface area contributed by atoms with Crippen molar-refractivity contribution < 1.29 is 4.74 Å². The Morgan fingerprint density at radius 1 is 1.05 bits per heavy atom. The molecule has 4 rings (SSSR count). The van der Waals surface area contributed by atoms with Gasteiger partial charge in [0.25, 0.3) is 0 Å². The SMILES string of the molecule is c1nc(N2CCC(NC3CCOCC3)CC2)c2[nH]cnc2n1. The number of aromatic amines is 1. The second-order valence-electron chi connectivity index (χ2n) is 6.11. The molecule has 0 radical (unpaired) electrons. The summed E-state index contributed by atoms with van der Waals surface area (Å²) in [5.41, 5.74) is 1.69. The van der Waals surface area contributed by atoms with E-state index in [1.54, 1.807) is 12.7 Å². The fourth-order valence-electron chi connectivity index (χ4n) is 3.45. The summed E-state index contributed by atoms with van der Waals surface area (Å²) in [5.74, 6) is 0.979. The Morgan fingerprint density at radius 2 is 1.82 bits per heavy atom. The maximum Gasteiger partial charge on any atom is 0.182 e. The lowest BCUT2D eigenvalue weighted by molar-refractivity contribution is 0.0738. The van der Waals surface area contributed by atoms with E-state index in [-0.39, 0.29) is 0 Å². The fourth-order valence-corrected chi connectivity index (χ4v) is 3.45. The van der Waals surface area contributed by atoms with Gasteiger partial charge < -0.3 is 19.9 Å². The molecule has 2 saturated heterocycles. The number of nitrogens with one attached hydrogen (secondary N) is 2. The number of anilines is 1. The van der Waals surface area contributed by atoms with Gasteiger partial charge in [-0.2, -0.15) is 0 Å². The highest BCUT2D eigenvalue weighted by atomic mass is 16.5. The normalized spacial score (nSPS) is 21.5. The van der Waals surface area contributed by atoms with Gasteiger partial charge in [0.15, 0.2) is 11.5 Å². The first kappa shape index (κ1) is 13.9. The zero-order valence-electron chi connectivity index (χ0n) is 12.7. The van der Waals surface area contributed by atoms with Crippen LogP contribution in [0.1, 0.15) is 25.7 Å². The van der Waals surface area contributed by atoms with Gasteiger partial charge in [-0.25, -0.2) is 15.0 Å². The summed E-state index contributed by atoms with van der Waals surface area (Å²) in [6.07, 6.45) is 7.86. The van der Waals surface area contributed by atoms with E-state index in [4.69, 9.17) is 4.74 Å². The Balaban J connectivity index is 1.38. The molecule has 4 heterocycles. The molecule has 0 spiro atoms. The van der Waals surface area contributed by atoms with Crippen molar-refractivity contribution in [3.63, 3.8) is 0 Å². The quantitative estimate of drug-likeness (QED) is 0.883. The highest BCUT2D eigenvalue weighted by Gasteiger charge is 2.24. The summed E-state index contributed by atoms with van der Waals surface area (Å²) in [4.78, 5) is 18.3. The molecule has 2 fully saturated rings. The van der Waals surface area contributed by atoms with E-state index in [2.05, 4.69) is 30.2 Å². The van der Waals surface area contributed by atoms with Crippen molar-refractivity contribution in [1.82, 2.24) is 25.3 Å². The standard InChI is InChI=1S/C15H22N6O/c1-5-21(15-13-14(17-9-16-13)18-10-19-15)6-2-11(1)20-12-3-7-22-8-4-12/h9-12,20H,1-8H2,(H,16,17,18,19). The van der Waals surface area contributed by atoms with Gasteiger partial charge in [0.05, 0.1) is 6.33 Å². The Morgan fingerprint density at radius 3 is 2.64 bits per heavy atom. The van der Waals surface area contributed by atoms with E-state index < -0.39 is 0 Å². The molecule has 7 nitrogen and oxygen atoms in total. The number of H-pyrrole nitrogens is 1. The van der Waals surface area contributed by atoms with Crippen LogP contribution in [0.15, 0.2) is 12.7 Å². The summed E-state index contributed by atoms with van der Waals surface area (Å²) in [7, 11) is 0. The van der Waals surface area contributed by atoms with Crippen LogP contribution in [0.4, 0.5) is 5.82 Å². The molecule has 7 heteroatoms. The largest absolute Gasteiger partial charge is 0.381 e. The molecule has 2 aliphatic rings. The number of hydrogen-bond donors (Lipinski definition) is 2. The molecule has 2 aromatic heterocycles. The first-order chi connectivity index (χ1) is 10.9. The summed E-state index contributed by atoms with van der Waals surface area (Å²) in [5, 5.41) is 3.80. The van der Waals surface area contributed by atoms with E-state index in [1.807, 2.05) is 0 Å². The predicted octanol–water partition coefficient (Wildman–Crippen LogP) is 1.09. The van der Waals surface area contributed by atoms with Crippen LogP contribution in [0.2, 0.25) is 0 Å². The van der Waals surface area contributed by atoms with Gasteiger partial charge in [-0.15, -0.1) is 0 Å². The second kappa shape index (κ2) is 6.18. The van der Waals surface area contributed by atoms with E-state index in [0.717, 1.165) is 69.0 Å². The first-order valence-electron chi connectivity index (χ1n) is 8.13. The second-order valence-corrected chi connectivity index (χ2v) is 6.11. The molecule has 0 unspecified atom stereocenters. The first-order valence-corrected chi connectivity index (χ1v) is 8.13. The Kier molecular flexibility index (Phi) is 3.90. The van der Waals surface area contributed by atoms with Gasteiger partial charge in [0.2, 0.25) is 0 Å².